The van der Waals surface area contributed by atoms with E-state index < -0.39 is 0 Å². The third kappa shape index (κ3) is 2.15. The SMILES string of the molecule is COc1cc(F)ccc1N1CCC(=O)CC1. The van der Waals surface area contributed by atoms with Crippen LogP contribution in [-0.4, -0.2) is 26.0 Å². The smallest absolute Gasteiger partial charge is 0.145 e. The average Bonchev–Trinajstić information content (AvgIpc) is 2.30. The number of benzene rings is 1. The van der Waals surface area contributed by atoms with Crippen molar-refractivity contribution < 1.29 is 13.9 Å². The van der Waals surface area contributed by atoms with E-state index in [1.807, 2.05) is 0 Å². The summed E-state index contributed by atoms with van der Waals surface area (Å²) in [6.45, 7) is 1.36. The molecular formula is C12H14FNO2. The standard InChI is InChI=1S/C12H14FNO2/c1-16-12-8-9(13)2-3-11(12)14-6-4-10(15)5-7-14/h2-3,8H,4-7H2,1H3. The summed E-state index contributed by atoms with van der Waals surface area (Å²) in [5, 5.41) is 0. The summed E-state index contributed by atoms with van der Waals surface area (Å²) in [6, 6.07) is 4.48. The second-order valence-corrected chi connectivity index (χ2v) is 3.84. The van der Waals surface area contributed by atoms with Gasteiger partial charge in [-0.2, -0.15) is 0 Å². The van der Waals surface area contributed by atoms with Crippen molar-refractivity contribution in [2.24, 2.45) is 0 Å². The van der Waals surface area contributed by atoms with Gasteiger partial charge >= 0.3 is 0 Å². The van der Waals surface area contributed by atoms with Crippen LogP contribution < -0.4 is 9.64 Å². The maximum absolute atomic E-state index is 13.0. The number of rotatable bonds is 2. The van der Waals surface area contributed by atoms with E-state index in [0.29, 0.717) is 31.7 Å². The number of hydrogen-bond donors (Lipinski definition) is 0. The highest BCUT2D eigenvalue weighted by Crippen LogP contribution is 2.30. The highest BCUT2D eigenvalue weighted by molar-refractivity contribution is 5.81. The number of nitrogens with zero attached hydrogens (tertiary/aromatic N) is 1. The number of halogens is 1. The number of piperidine rings is 1. The van der Waals surface area contributed by atoms with Crippen LogP contribution in [0.4, 0.5) is 10.1 Å². The molecular weight excluding hydrogens is 209 g/mol. The fourth-order valence-corrected chi connectivity index (χ4v) is 1.91. The molecule has 0 spiro atoms. The van der Waals surface area contributed by atoms with Crippen LogP contribution in [0.2, 0.25) is 0 Å². The Labute approximate surface area is 93.8 Å². The van der Waals surface area contributed by atoms with Gasteiger partial charge in [0, 0.05) is 32.0 Å². The van der Waals surface area contributed by atoms with Crippen molar-refractivity contribution in [3.05, 3.63) is 24.0 Å². The maximum Gasteiger partial charge on any atom is 0.145 e. The fraction of sp³-hybridized carbons (Fsp3) is 0.417. The van der Waals surface area contributed by atoms with Gasteiger partial charge in [0.15, 0.2) is 0 Å². The molecule has 0 unspecified atom stereocenters. The van der Waals surface area contributed by atoms with E-state index in [1.165, 1.54) is 19.2 Å². The summed E-state index contributed by atoms with van der Waals surface area (Å²) >= 11 is 0. The van der Waals surface area contributed by atoms with E-state index in [1.54, 1.807) is 6.07 Å². The summed E-state index contributed by atoms with van der Waals surface area (Å²) in [5.41, 5.74) is 0.858. The van der Waals surface area contributed by atoms with Crippen molar-refractivity contribution in [1.29, 1.82) is 0 Å². The molecule has 0 aliphatic carbocycles. The largest absolute Gasteiger partial charge is 0.494 e. The first-order chi connectivity index (χ1) is 7.70. The molecule has 0 atom stereocenters. The van der Waals surface area contributed by atoms with Crippen molar-refractivity contribution in [2.45, 2.75) is 12.8 Å². The minimum Gasteiger partial charge on any atom is -0.494 e. The molecule has 4 heteroatoms. The highest BCUT2D eigenvalue weighted by Gasteiger charge is 2.19. The molecule has 0 aromatic heterocycles. The molecule has 0 radical (unpaired) electrons. The molecule has 0 saturated carbocycles. The molecule has 1 fully saturated rings. The Morgan fingerprint density at radius 3 is 2.62 bits per heavy atom. The van der Waals surface area contributed by atoms with Crippen molar-refractivity contribution in [3.63, 3.8) is 0 Å². The number of methoxy groups -OCH3 is 1. The molecule has 1 heterocycles. The Bertz CT molecular complexity index is 396. The minimum atomic E-state index is -0.311. The number of carbonyl (C=O) groups is 1. The first-order valence-corrected chi connectivity index (χ1v) is 5.31. The first-order valence-electron chi connectivity index (χ1n) is 5.31. The molecule has 1 aliphatic heterocycles. The van der Waals surface area contributed by atoms with Gasteiger partial charge in [-0.1, -0.05) is 0 Å². The predicted molar refractivity (Wildman–Crippen MR) is 59.4 cm³/mol. The lowest BCUT2D eigenvalue weighted by Crippen LogP contribution is -2.33. The molecule has 0 N–H and O–H groups in total. The third-order valence-electron chi connectivity index (χ3n) is 2.80. The van der Waals surface area contributed by atoms with Gasteiger partial charge in [-0.25, -0.2) is 4.39 Å². The van der Waals surface area contributed by atoms with E-state index in [0.717, 1.165) is 5.69 Å². The lowest BCUT2D eigenvalue weighted by molar-refractivity contribution is -0.119. The maximum atomic E-state index is 13.0. The number of hydrogen-bond acceptors (Lipinski definition) is 3. The first kappa shape index (κ1) is 10.9. The number of carbonyl (C=O) groups excluding carboxylic acids is 1. The zero-order valence-corrected chi connectivity index (χ0v) is 9.20. The Kier molecular flexibility index (Phi) is 3.08. The average molecular weight is 223 g/mol. The number of anilines is 1. The quantitative estimate of drug-likeness (QED) is 0.768. The molecule has 0 amide bonds. The Balaban J connectivity index is 2.22. The molecule has 16 heavy (non-hydrogen) atoms. The second-order valence-electron chi connectivity index (χ2n) is 3.84. The summed E-state index contributed by atoms with van der Waals surface area (Å²) in [5.74, 6) is 0.500. The minimum absolute atomic E-state index is 0.289. The summed E-state index contributed by atoms with van der Waals surface area (Å²) in [4.78, 5) is 13.2. The zero-order valence-electron chi connectivity index (χ0n) is 9.20. The Hall–Kier alpha value is -1.58. The van der Waals surface area contributed by atoms with Gasteiger partial charge in [-0.3, -0.25) is 4.79 Å². The zero-order chi connectivity index (χ0) is 11.5. The van der Waals surface area contributed by atoms with Crippen molar-refractivity contribution >= 4 is 11.5 Å². The van der Waals surface area contributed by atoms with Gasteiger partial charge in [0.05, 0.1) is 12.8 Å². The summed E-state index contributed by atoms with van der Waals surface area (Å²) in [7, 11) is 1.52. The van der Waals surface area contributed by atoms with Crippen LogP contribution in [0.15, 0.2) is 18.2 Å². The molecule has 1 aromatic carbocycles. The van der Waals surface area contributed by atoms with Crippen LogP contribution >= 0.6 is 0 Å². The van der Waals surface area contributed by atoms with Crippen molar-refractivity contribution in [3.8, 4) is 5.75 Å². The van der Waals surface area contributed by atoms with Crippen LogP contribution in [0.3, 0.4) is 0 Å². The van der Waals surface area contributed by atoms with E-state index in [9.17, 15) is 9.18 Å². The van der Waals surface area contributed by atoms with Crippen LogP contribution in [0.5, 0.6) is 5.75 Å². The van der Waals surface area contributed by atoms with E-state index in [2.05, 4.69) is 4.90 Å². The monoisotopic (exact) mass is 223 g/mol. The van der Waals surface area contributed by atoms with Crippen LogP contribution in [0.1, 0.15) is 12.8 Å². The molecule has 1 aromatic rings. The summed E-state index contributed by atoms with van der Waals surface area (Å²) < 4.78 is 18.2. The lowest BCUT2D eigenvalue weighted by Gasteiger charge is -2.29. The molecule has 1 aliphatic rings. The van der Waals surface area contributed by atoms with Crippen molar-refractivity contribution in [1.82, 2.24) is 0 Å². The fourth-order valence-electron chi connectivity index (χ4n) is 1.91. The van der Waals surface area contributed by atoms with Gasteiger partial charge < -0.3 is 9.64 Å². The van der Waals surface area contributed by atoms with Crippen LogP contribution in [0, 0.1) is 5.82 Å². The van der Waals surface area contributed by atoms with E-state index in [-0.39, 0.29) is 11.6 Å². The molecule has 1 saturated heterocycles. The number of ether oxygens (including phenoxy) is 1. The van der Waals surface area contributed by atoms with Gasteiger partial charge in [0.1, 0.15) is 17.3 Å². The normalized spacial score (nSPS) is 16.4. The van der Waals surface area contributed by atoms with Gasteiger partial charge in [-0.05, 0) is 12.1 Å². The molecule has 3 nitrogen and oxygen atoms in total. The lowest BCUT2D eigenvalue weighted by atomic mass is 10.1. The Morgan fingerprint density at radius 1 is 1.31 bits per heavy atom. The van der Waals surface area contributed by atoms with Gasteiger partial charge in [0.2, 0.25) is 0 Å². The molecule has 86 valence electrons. The van der Waals surface area contributed by atoms with E-state index >= 15 is 0 Å². The summed E-state index contributed by atoms with van der Waals surface area (Å²) in [6.07, 6.45) is 1.11. The number of Topliss-reactive ketones (excluding diaryl/α,β-unsaturated/α-hetero) is 1. The van der Waals surface area contributed by atoms with Crippen LogP contribution in [-0.2, 0) is 4.79 Å². The third-order valence-corrected chi connectivity index (χ3v) is 2.80. The number of ketones is 1. The second kappa shape index (κ2) is 4.51. The molecule has 2 rings (SSSR count). The molecule has 0 bridgehead atoms. The van der Waals surface area contributed by atoms with Gasteiger partial charge in [0.25, 0.3) is 0 Å². The topological polar surface area (TPSA) is 29.5 Å². The van der Waals surface area contributed by atoms with E-state index in [4.69, 9.17) is 4.74 Å². The van der Waals surface area contributed by atoms with Gasteiger partial charge in [-0.15, -0.1) is 0 Å². The Morgan fingerprint density at radius 2 is 2.00 bits per heavy atom. The van der Waals surface area contributed by atoms with Crippen molar-refractivity contribution in [2.75, 3.05) is 25.1 Å². The highest BCUT2D eigenvalue weighted by atomic mass is 19.1. The van der Waals surface area contributed by atoms with Crippen LogP contribution in [0.25, 0.3) is 0 Å². The predicted octanol–water partition coefficient (Wildman–Crippen LogP) is 2.00.